The molecule has 6 amide bonds. The first kappa shape index (κ1) is 35.2. The molecular formula is C39H42N6O9. The van der Waals surface area contributed by atoms with E-state index in [1.807, 2.05) is 18.2 Å². The van der Waals surface area contributed by atoms with Crippen molar-refractivity contribution in [3.05, 3.63) is 69.1 Å². The number of imide groups is 2. The number of hydrogen-bond donors (Lipinski definition) is 2. The third-order valence-electron chi connectivity index (χ3n) is 11.7. The predicted molar refractivity (Wildman–Crippen MR) is 195 cm³/mol. The maximum absolute atomic E-state index is 13.4. The number of piperidine rings is 1. The molecule has 5 aliphatic rings. The van der Waals surface area contributed by atoms with Gasteiger partial charge in [-0.2, -0.15) is 0 Å². The van der Waals surface area contributed by atoms with Gasteiger partial charge in [0.1, 0.15) is 6.04 Å². The van der Waals surface area contributed by atoms with Crippen molar-refractivity contribution in [3.63, 3.8) is 0 Å². The lowest BCUT2D eigenvalue weighted by Gasteiger charge is -2.54. The zero-order valence-corrected chi connectivity index (χ0v) is 30.7. The van der Waals surface area contributed by atoms with Gasteiger partial charge in [0.25, 0.3) is 17.4 Å². The molecule has 0 bridgehead atoms. The molecule has 54 heavy (non-hydrogen) atoms. The molecule has 1 aromatic heterocycles. The Bertz CT molecular complexity index is 2160. The molecule has 3 fully saturated rings. The monoisotopic (exact) mass is 738 g/mol. The van der Waals surface area contributed by atoms with Crippen LogP contribution in [0.4, 0.5) is 10.5 Å². The molecule has 0 radical (unpaired) electrons. The Kier molecular flexibility index (Phi) is 8.61. The van der Waals surface area contributed by atoms with E-state index in [4.69, 9.17) is 14.2 Å². The molecule has 282 valence electrons. The molecule has 4 aliphatic heterocycles. The first-order valence-corrected chi connectivity index (χ1v) is 18.2. The Morgan fingerprint density at radius 2 is 1.54 bits per heavy atom. The van der Waals surface area contributed by atoms with Crippen LogP contribution in [0.1, 0.15) is 70.4 Å². The zero-order valence-electron chi connectivity index (χ0n) is 30.7. The zero-order chi connectivity index (χ0) is 38.1. The van der Waals surface area contributed by atoms with Gasteiger partial charge in [0.15, 0.2) is 11.5 Å². The third-order valence-corrected chi connectivity index (χ3v) is 11.7. The number of methoxy groups -OCH3 is 2. The summed E-state index contributed by atoms with van der Waals surface area (Å²) in [5.74, 6) is -0.535. The number of pyridine rings is 1. The SMILES string of the molecule is CNC(=O)N1Cc2c(-c3cc(OC)c(OC4CCC5(CC4)CN(c4ccc6c(c4)C(=O)N([C@@H]4CCC(=O)NC4=O)C6=O)C5)c(OC)c3)cn(C)c(=O)c2C1. The summed E-state index contributed by atoms with van der Waals surface area (Å²) in [4.78, 5) is 80.8. The van der Waals surface area contributed by atoms with Crippen LogP contribution in [0.5, 0.6) is 17.2 Å². The number of carbonyl (C=O) groups excluding carboxylic acids is 5. The van der Waals surface area contributed by atoms with Gasteiger partial charge in [0, 0.05) is 68.6 Å². The minimum Gasteiger partial charge on any atom is -0.493 e. The topological polar surface area (TPSA) is 169 Å². The van der Waals surface area contributed by atoms with Crippen LogP contribution in [0, 0.1) is 5.41 Å². The highest BCUT2D eigenvalue weighted by atomic mass is 16.5. The Labute approximate surface area is 311 Å². The summed E-state index contributed by atoms with van der Waals surface area (Å²) in [5, 5.41) is 4.87. The van der Waals surface area contributed by atoms with E-state index in [2.05, 4.69) is 15.5 Å². The van der Waals surface area contributed by atoms with Crippen LogP contribution in [0.3, 0.4) is 0 Å². The molecule has 15 nitrogen and oxygen atoms in total. The summed E-state index contributed by atoms with van der Waals surface area (Å²) < 4.78 is 19.8. The lowest BCUT2D eigenvalue weighted by molar-refractivity contribution is -0.136. The van der Waals surface area contributed by atoms with E-state index in [1.165, 1.54) is 4.57 Å². The summed E-state index contributed by atoms with van der Waals surface area (Å²) in [6.07, 6.45) is 5.43. The van der Waals surface area contributed by atoms with E-state index in [1.54, 1.807) is 51.5 Å². The van der Waals surface area contributed by atoms with Crippen LogP contribution >= 0.6 is 0 Å². The smallest absolute Gasteiger partial charge is 0.317 e. The fourth-order valence-corrected chi connectivity index (χ4v) is 8.72. The van der Waals surface area contributed by atoms with Crippen molar-refractivity contribution in [2.45, 2.75) is 63.8 Å². The van der Waals surface area contributed by atoms with Crippen molar-refractivity contribution in [3.8, 4) is 28.4 Å². The Hall–Kier alpha value is -5.86. The maximum Gasteiger partial charge on any atom is 0.317 e. The highest BCUT2D eigenvalue weighted by Gasteiger charge is 2.48. The molecule has 0 unspecified atom stereocenters. The van der Waals surface area contributed by atoms with E-state index in [0.717, 1.165) is 66.1 Å². The normalized spacial score (nSPS) is 20.4. The number of anilines is 1. The van der Waals surface area contributed by atoms with Crippen LogP contribution in [-0.2, 0) is 29.7 Å². The minimum absolute atomic E-state index is 0.0665. The fourth-order valence-electron chi connectivity index (χ4n) is 8.72. The number of hydrogen-bond acceptors (Lipinski definition) is 10. The number of nitrogens with one attached hydrogen (secondary N) is 2. The number of amides is 6. The molecule has 3 aromatic rings. The number of benzene rings is 2. The van der Waals surface area contributed by atoms with Crippen LogP contribution in [-0.4, -0.2) is 90.5 Å². The number of rotatable bonds is 7. The molecular weight excluding hydrogens is 696 g/mol. The largest absolute Gasteiger partial charge is 0.493 e. The second kappa shape index (κ2) is 13.2. The summed E-state index contributed by atoms with van der Waals surface area (Å²) in [5.41, 5.74) is 4.32. The van der Waals surface area contributed by atoms with Gasteiger partial charge in [-0.15, -0.1) is 0 Å². The van der Waals surface area contributed by atoms with Gasteiger partial charge >= 0.3 is 6.03 Å². The molecule has 8 rings (SSSR count). The average Bonchev–Trinajstić information content (AvgIpc) is 3.71. The molecule has 1 saturated carbocycles. The third kappa shape index (κ3) is 5.73. The molecule has 2 aromatic carbocycles. The van der Waals surface area contributed by atoms with E-state index in [9.17, 15) is 28.8 Å². The van der Waals surface area contributed by atoms with E-state index >= 15 is 0 Å². The molecule has 2 N–H and O–H groups in total. The van der Waals surface area contributed by atoms with Crippen LogP contribution in [0.15, 0.2) is 41.3 Å². The van der Waals surface area contributed by atoms with E-state index < -0.39 is 29.7 Å². The van der Waals surface area contributed by atoms with Crippen LogP contribution < -0.4 is 35.3 Å². The molecule has 2 saturated heterocycles. The number of urea groups is 1. The second-order valence-electron chi connectivity index (χ2n) is 14.9. The summed E-state index contributed by atoms with van der Waals surface area (Å²) >= 11 is 0. The Balaban J connectivity index is 0.936. The van der Waals surface area contributed by atoms with Gasteiger partial charge in [0.2, 0.25) is 17.6 Å². The summed E-state index contributed by atoms with van der Waals surface area (Å²) in [6.45, 7) is 2.14. The first-order chi connectivity index (χ1) is 25.9. The number of fused-ring (bicyclic) bond motifs is 2. The van der Waals surface area contributed by atoms with Gasteiger partial charge in [-0.1, -0.05) is 0 Å². The lowest BCUT2D eigenvalue weighted by Crippen LogP contribution is -2.58. The van der Waals surface area contributed by atoms with Gasteiger partial charge in [0.05, 0.1) is 38.0 Å². The lowest BCUT2D eigenvalue weighted by atomic mass is 9.67. The molecule has 15 heteroatoms. The van der Waals surface area contributed by atoms with Crippen molar-refractivity contribution in [1.29, 1.82) is 0 Å². The van der Waals surface area contributed by atoms with Gasteiger partial charge < -0.3 is 33.9 Å². The number of aromatic nitrogens is 1. The van der Waals surface area contributed by atoms with E-state index in [-0.39, 0.29) is 53.6 Å². The molecule has 1 atom stereocenters. The van der Waals surface area contributed by atoms with Gasteiger partial charge in [-0.25, -0.2) is 4.79 Å². The average molecular weight is 739 g/mol. The standard InChI is InChI=1S/C39H42N6O9/c1-40-38(51)43-17-27-26(16-42(2)35(48)28(27)18-43)21-13-30(52-3)33(31(14-21)53-4)54-23-9-11-39(12-10-23)19-44(20-39)22-5-6-24-25(15-22)37(50)45(36(24)49)29-7-8-32(46)41-34(29)47/h5-6,13-16,23,29H,7-12,17-20H2,1-4H3,(H,40,51)(H,41,46,47)/t29-/m1/s1. The van der Waals surface area contributed by atoms with Crippen molar-refractivity contribution >= 4 is 35.3 Å². The van der Waals surface area contributed by atoms with Crippen molar-refractivity contribution in [2.75, 3.05) is 39.3 Å². The highest BCUT2D eigenvalue weighted by Crippen LogP contribution is 2.49. The predicted octanol–water partition coefficient (Wildman–Crippen LogP) is 2.95. The van der Waals surface area contributed by atoms with Crippen molar-refractivity contribution in [1.82, 2.24) is 25.0 Å². The first-order valence-electron chi connectivity index (χ1n) is 18.2. The fraction of sp³-hybridized carbons (Fsp3) is 0.436. The maximum atomic E-state index is 13.4. The van der Waals surface area contributed by atoms with Gasteiger partial charge in [-0.3, -0.25) is 34.2 Å². The second-order valence-corrected chi connectivity index (χ2v) is 14.9. The highest BCUT2D eigenvalue weighted by molar-refractivity contribution is 6.23. The van der Waals surface area contributed by atoms with Gasteiger partial charge in [-0.05, 0) is 73.6 Å². The number of ether oxygens (including phenoxy) is 3. The number of carbonyl (C=O) groups is 5. The summed E-state index contributed by atoms with van der Waals surface area (Å²) in [6, 6.07) is 7.77. The molecule has 1 spiro atoms. The summed E-state index contributed by atoms with van der Waals surface area (Å²) in [7, 11) is 6.43. The number of nitrogens with zero attached hydrogens (tertiary/aromatic N) is 4. The molecule has 1 aliphatic carbocycles. The Morgan fingerprint density at radius 1 is 0.870 bits per heavy atom. The van der Waals surface area contributed by atoms with Crippen LogP contribution in [0.25, 0.3) is 11.1 Å². The Morgan fingerprint density at radius 3 is 2.19 bits per heavy atom. The number of aryl methyl sites for hydroxylation is 1. The quantitative estimate of drug-likeness (QED) is 0.344. The minimum atomic E-state index is -0.995. The molecule has 5 heterocycles. The van der Waals surface area contributed by atoms with Crippen LogP contribution in [0.2, 0.25) is 0 Å². The van der Waals surface area contributed by atoms with E-state index in [0.29, 0.717) is 29.4 Å². The van der Waals surface area contributed by atoms with Crippen molar-refractivity contribution in [2.24, 2.45) is 12.5 Å². The van der Waals surface area contributed by atoms with Crippen molar-refractivity contribution < 1.29 is 38.2 Å².